The zero-order valence-electron chi connectivity index (χ0n) is 12.2. The molecule has 5 nitrogen and oxygen atoms in total. The summed E-state index contributed by atoms with van der Waals surface area (Å²) >= 11 is 0. The lowest BCUT2D eigenvalue weighted by Crippen LogP contribution is -2.51. The number of aromatic nitrogens is 1. The van der Waals surface area contributed by atoms with Crippen LogP contribution in [0.5, 0.6) is 0 Å². The Bertz CT molecular complexity index is 402. The molecule has 2 amide bonds. The molecule has 5 heteroatoms. The molecule has 0 aliphatic carbocycles. The van der Waals surface area contributed by atoms with E-state index in [-0.39, 0.29) is 6.03 Å². The summed E-state index contributed by atoms with van der Waals surface area (Å²) in [7, 11) is 0. The Labute approximate surface area is 121 Å². The van der Waals surface area contributed by atoms with Crippen molar-refractivity contribution in [3.05, 3.63) is 30.1 Å². The minimum absolute atomic E-state index is 0.0828. The van der Waals surface area contributed by atoms with E-state index in [9.17, 15) is 4.79 Å². The predicted octanol–water partition coefficient (Wildman–Crippen LogP) is 1.71. The maximum Gasteiger partial charge on any atom is 0.317 e. The van der Waals surface area contributed by atoms with Crippen molar-refractivity contribution in [1.29, 1.82) is 0 Å². The molecular weight excluding hydrogens is 252 g/mol. The fourth-order valence-electron chi connectivity index (χ4n) is 2.34. The van der Waals surface area contributed by atoms with Crippen LogP contribution in [0.2, 0.25) is 0 Å². The van der Waals surface area contributed by atoms with Crippen LogP contribution < -0.4 is 5.32 Å². The highest BCUT2D eigenvalue weighted by atomic mass is 16.2. The minimum atomic E-state index is 0.0828. The number of hydrogen-bond acceptors (Lipinski definition) is 3. The largest absolute Gasteiger partial charge is 0.338 e. The highest BCUT2D eigenvalue weighted by molar-refractivity contribution is 5.74. The lowest BCUT2D eigenvalue weighted by atomic mass is 10.2. The second-order valence-electron chi connectivity index (χ2n) is 5.21. The quantitative estimate of drug-likeness (QED) is 0.833. The summed E-state index contributed by atoms with van der Waals surface area (Å²) in [6, 6.07) is 4.14. The van der Waals surface area contributed by atoms with Crippen molar-refractivity contribution in [3.63, 3.8) is 0 Å². The monoisotopic (exact) mass is 276 g/mol. The number of urea groups is 1. The number of carbonyl (C=O) groups excluding carboxylic acids is 1. The molecule has 0 spiro atoms. The number of nitrogens with zero attached hydrogens (tertiary/aromatic N) is 3. The number of unbranched alkanes of at least 4 members (excludes halogenated alkanes) is 1. The Morgan fingerprint density at radius 2 is 2.15 bits per heavy atom. The fraction of sp³-hybridized carbons (Fsp3) is 0.600. The third kappa shape index (κ3) is 4.49. The molecule has 1 saturated heterocycles. The summed E-state index contributed by atoms with van der Waals surface area (Å²) in [4.78, 5) is 20.3. The van der Waals surface area contributed by atoms with Gasteiger partial charge in [-0.15, -0.1) is 0 Å². The molecule has 1 aliphatic rings. The van der Waals surface area contributed by atoms with Gasteiger partial charge in [0.2, 0.25) is 0 Å². The third-order valence-electron chi connectivity index (χ3n) is 3.60. The smallest absolute Gasteiger partial charge is 0.317 e. The molecule has 0 atom stereocenters. The summed E-state index contributed by atoms with van der Waals surface area (Å²) in [6.07, 6.45) is 5.86. The topological polar surface area (TPSA) is 48.5 Å². The Morgan fingerprint density at radius 3 is 2.80 bits per heavy atom. The summed E-state index contributed by atoms with van der Waals surface area (Å²) < 4.78 is 0. The van der Waals surface area contributed by atoms with Crippen LogP contribution in [0.15, 0.2) is 24.5 Å². The molecule has 0 unspecified atom stereocenters. The minimum Gasteiger partial charge on any atom is -0.338 e. The summed E-state index contributed by atoms with van der Waals surface area (Å²) in [6.45, 7) is 7.29. The fourth-order valence-corrected chi connectivity index (χ4v) is 2.34. The molecule has 1 aromatic heterocycles. The van der Waals surface area contributed by atoms with E-state index in [0.717, 1.165) is 52.1 Å². The second-order valence-corrected chi connectivity index (χ2v) is 5.21. The highest BCUT2D eigenvalue weighted by Crippen LogP contribution is 2.07. The predicted molar refractivity (Wildman–Crippen MR) is 79.4 cm³/mol. The number of carbonyl (C=O) groups is 1. The number of hydrogen-bond donors (Lipinski definition) is 1. The van der Waals surface area contributed by atoms with Gasteiger partial charge >= 0.3 is 6.03 Å². The Hall–Kier alpha value is -1.62. The third-order valence-corrected chi connectivity index (χ3v) is 3.60. The summed E-state index contributed by atoms with van der Waals surface area (Å²) in [5, 5.41) is 2.98. The van der Waals surface area contributed by atoms with Crippen molar-refractivity contribution in [2.75, 3.05) is 32.7 Å². The van der Waals surface area contributed by atoms with Crippen LogP contribution in [-0.4, -0.2) is 53.5 Å². The van der Waals surface area contributed by atoms with Crippen molar-refractivity contribution in [2.24, 2.45) is 0 Å². The number of rotatable bonds is 5. The Morgan fingerprint density at radius 1 is 1.35 bits per heavy atom. The van der Waals surface area contributed by atoms with Crippen LogP contribution in [0.3, 0.4) is 0 Å². The van der Waals surface area contributed by atoms with Crippen LogP contribution in [0.25, 0.3) is 0 Å². The first kappa shape index (κ1) is 14.8. The van der Waals surface area contributed by atoms with Gasteiger partial charge in [-0.1, -0.05) is 19.4 Å². The molecule has 1 N–H and O–H groups in total. The zero-order chi connectivity index (χ0) is 14.2. The standard InChI is InChI=1S/C15H24N4O/c1-2-3-7-17-15(20)19-10-8-18(9-11-19)13-14-5-4-6-16-12-14/h4-6,12H,2-3,7-11,13H2,1H3,(H,17,20). The molecule has 2 heterocycles. The second kappa shape index (κ2) is 7.85. The lowest BCUT2D eigenvalue weighted by Gasteiger charge is -2.34. The van der Waals surface area contributed by atoms with Gasteiger partial charge in [0.1, 0.15) is 0 Å². The highest BCUT2D eigenvalue weighted by Gasteiger charge is 2.20. The van der Waals surface area contributed by atoms with E-state index in [4.69, 9.17) is 0 Å². The van der Waals surface area contributed by atoms with Crippen molar-refractivity contribution in [3.8, 4) is 0 Å². The van der Waals surface area contributed by atoms with Crippen molar-refractivity contribution in [1.82, 2.24) is 20.1 Å². The van der Waals surface area contributed by atoms with E-state index < -0.39 is 0 Å². The van der Waals surface area contributed by atoms with Crippen molar-refractivity contribution in [2.45, 2.75) is 26.3 Å². The summed E-state index contributed by atoms with van der Waals surface area (Å²) in [5.41, 5.74) is 1.23. The summed E-state index contributed by atoms with van der Waals surface area (Å²) in [5.74, 6) is 0. The first-order valence-electron chi connectivity index (χ1n) is 7.43. The van der Waals surface area contributed by atoms with Gasteiger partial charge in [0.25, 0.3) is 0 Å². The molecule has 1 aliphatic heterocycles. The Balaban J connectivity index is 1.71. The van der Waals surface area contributed by atoms with Gasteiger partial charge in [-0.2, -0.15) is 0 Å². The average Bonchev–Trinajstić information content (AvgIpc) is 2.49. The van der Waals surface area contributed by atoms with Gasteiger partial charge in [-0.05, 0) is 18.1 Å². The SMILES string of the molecule is CCCCNC(=O)N1CCN(Cc2cccnc2)CC1. The lowest BCUT2D eigenvalue weighted by molar-refractivity contribution is 0.135. The van der Waals surface area contributed by atoms with Gasteiger partial charge in [0, 0.05) is 51.7 Å². The van der Waals surface area contributed by atoms with Crippen LogP contribution in [-0.2, 0) is 6.54 Å². The van der Waals surface area contributed by atoms with Crippen molar-refractivity contribution < 1.29 is 4.79 Å². The van der Waals surface area contributed by atoms with E-state index in [2.05, 4.69) is 28.2 Å². The number of amides is 2. The first-order chi connectivity index (χ1) is 9.79. The molecule has 2 rings (SSSR count). The van der Waals surface area contributed by atoms with E-state index in [1.807, 2.05) is 17.2 Å². The van der Waals surface area contributed by atoms with Crippen LogP contribution in [0, 0.1) is 0 Å². The van der Waals surface area contributed by atoms with Gasteiger partial charge in [-0.3, -0.25) is 9.88 Å². The van der Waals surface area contributed by atoms with Gasteiger partial charge in [-0.25, -0.2) is 4.79 Å². The van der Waals surface area contributed by atoms with Gasteiger partial charge in [0.15, 0.2) is 0 Å². The number of pyridine rings is 1. The first-order valence-corrected chi connectivity index (χ1v) is 7.43. The molecule has 0 bridgehead atoms. The molecule has 1 fully saturated rings. The zero-order valence-corrected chi connectivity index (χ0v) is 12.2. The van der Waals surface area contributed by atoms with E-state index in [0.29, 0.717) is 0 Å². The van der Waals surface area contributed by atoms with E-state index in [1.54, 1.807) is 6.20 Å². The molecule has 0 saturated carbocycles. The van der Waals surface area contributed by atoms with Crippen molar-refractivity contribution >= 4 is 6.03 Å². The van der Waals surface area contributed by atoms with Crippen LogP contribution in [0.4, 0.5) is 4.79 Å². The number of piperazine rings is 1. The Kier molecular flexibility index (Phi) is 5.80. The molecule has 0 aromatic carbocycles. The van der Waals surface area contributed by atoms with E-state index in [1.165, 1.54) is 5.56 Å². The maximum absolute atomic E-state index is 11.9. The van der Waals surface area contributed by atoms with Crippen LogP contribution >= 0.6 is 0 Å². The van der Waals surface area contributed by atoms with Gasteiger partial charge < -0.3 is 10.2 Å². The molecule has 1 aromatic rings. The molecule has 110 valence electrons. The molecule has 20 heavy (non-hydrogen) atoms. The number of nitrogens with one attached hydrogen (secondary N) is 1. The average molecular weight is 276 g/mol. The molecular formula is C15H24N4O. The van der Waals surface area contributed by atoms with Crippen LogP contribution in [0.1, 0.15) is 25.3 Å². The normalized spacial score (nSPS) is 16.1. The van der Waals surface area contributed by atoms with Gasteiger partial charge in [0.05, 0.1) is 0 Å². The van der Waals surface area contributed by atoms with E-state index >= 15 is 0 Å². The molecule has 0 radical (unpaired) electrons. The maximum atomic E-state index is 11.9.